The fourth-order valence-electron chi connectivity index (χ4n) is 1.79. The van der Waals surface area contributed by atoms with Crippen LogP contribution in [0.2, 0.25) is 0 Å². The van der Waals surface area contributed by atoms with E-state index < -0.39 is 5.82 Å². The molecule has 4 heteroatoms. The molecule has 0 heterocycles. The molecule has 0 saturated heterocycles. The Morgan fingerprint density at radius 1 is 1.16 bits per heavy atom. The molecular weight excluding hydrogens is 243 g/mol. The Morgan fingerprint density at radius 3 is 2.53 bits per heavy atom. The van der Waals surface area contributed by atoms with Crippen LogP contribution < -0.4 is 11.1 Å². The highest BCUT2D eigenvalue weighted by Gasteiger charge is 2.11. The van der Waals surface area contributed by atoms with E-state index in [9.17, 15) is 9.18 Å². The molecule has 1 amide bonds. The molecule has 0 aromatic heterocycles. The lowest BCUT2D eigenvalue weighted by Gasteiger charge is -2.10. The van der Waals surface area contributed by atoms with Crippen LogP contribution >= 0.6 is 0 Å². The van der Waals surface area contributed by atoms with Crippen LogP contribution in [0.5, 0.6) is 0 Å². The van der Waals surface area contributed by atoms with E-state index in [1.165, 1.54) is 6.07 Å². The van der Waals surface area contributed by atoms with Gasteiger partial charge in [0.1, 0.15) is 5.82 Å². The van der Waals surface area contributed by atoms with Gasteiger partial charge < -0.3 is 11.1 Å². The monoisotopic (exact) mass is 258 g/mol. The van der Waals surface area contributed by atoms with Crippen molar-refractivity contribution in [3.63, 3.8) is 0 Å². The molecule has 2 rings (SSSR count). The van der Waals surface area contributed by atoms with E-state index >= 15 is 0 Å². The fraction of sp³-hybridized carbons (Fsp3) is 0.133. The first-order chi connectivity index (χ1) is 8.99. The Morgan fingerprint density at radius 2 is 1.89 bits per heavy atom. The molecule has 2 aromatic rings. The standard InChI is InChI=1S/C15H15FN2O/c1-9-4-3-5-12(16)14(9)18-15(19)11-6-7-13(17)10(2)8-11/h3-8H,17H2,1-2H3,(H,18,19). The van der Waals surface area contributed by atoms with Crippen LogP contribution in [0.3, 0.4) is 0 Å². The molecule has 0 unspecified atom stereocenters. The molecule has 0 aliphatic heterocycles. The molecule has 3 N–H and O–H groups in total. The van der Waals surface area contributed by atoms with Crippen LogP contribution in [0.25, 0.3) is 0 Å². The van der Waals surface area contributed by atoms with Crippen LogP contribution in [0.15, 0.2) is 36.4 Å². The zero-order chi connectivity index (χ0) is 14.0. The van der Waals surface area contributed by atoms with Gasteiger partial charge in [0, 0.05) is 11.3 Å². The maximum atomic E-state index is 13.6. The Labute approximate surface area is 111 Å². The number of carbonyl (C=O) groups is 1. The van der Waals surface area contributed by atoms with Crippen molar-refractivity contribution >= 4 is 17.3 Å². The first-order valence-electron chi connectivity index (χ1n) is 5.91. The van der Waals surface area contributed by atoms with E-state index in [4.69, 9.17) is 5.73 Å². The van der Waals surface area contributed by atoms with Gasteiger partial charge in [-0.15, -0.1) is 0 Å². The van der Waals surface area contributed by atoms with Crippen molar-refractivity contribution in [3.05, 3.63) is 58.9 Å². The van der Waals surface area contributed by atoms with Crippen molar-refractivity contribution in [2.75, 3.05) is 11.1 Å². The van der Waals surface area contributed by atoms with Crippen LogP contribution in [0.4, 0.5) is 15.8 Å². The molecule has 0 fully saturated rings. The summed E-state index contributed by atoms with van der Waals surface area (Å²) in [5.41, 5.74) is 8.48. The second-order valence-electron chi connectivity index (χ2n) is 4.46. The number of rotatable bonds is 2. The number of nitrogens with one attached hydrogen (secondary N) is 1. The maximum Gasteiger partial charge on any atom is 0.255 e. The first-order valence-corrected chi connectivity index (χ1v) is 5.91. The predicted molar refractivity (Wildman–Crippen MR) is 74.7 cm³/mol. The molecule has 0 spiro atoms. The minimum Gasteiger partial charge on any atom is -0.399 e. The van der Waals surface area contributed by atoms with Gasteiger partial charge in [-0.3, -0.25) is 4.79 Å². The Bertz CT molecular complexity index is 618. The highest BCUT2D eigenvalue weighted by atomic mass is 19.1. The number of nitrogen functional groups attached to an aromatic ring is 1. The van der Waals surface area contributed by atoms with Gasteiger partial charge in [0.05, 0.1) is 5.69 Å². The Balaban J connectivity index is 2.28. The number of hydrogen-bond donors (Lipinski definition) is 2. The molecule has 3 nitrogen and oxygen atoms in total. The lowest BCUT2D eigenvalue weighted by atomic mass is 10.1. The largest absolute Gasteiger partial charge is 0.399 e. The van der Waals surface area contributed by atoms with Crippen LogP contribution in [0.1, 0.15) is 21.5 Å². The summed E-state index contributed by atoms with van der Waals surface area (Å²) in [5.74, 6) is -0.795. The second-order valence-corrected chi connectivity index (χ2v) is 4.46. The van der Waals surface area contributed by atoms with E-state index in [1.54, 1.807) is 37.3 Å². The minimum absolute atomic E-state index is 0.210. The number of carbonyl (C=O) groups excluding carboxylic acids is 1. The third-order valence-corrected chi connectivity index (χ3v) is 2.99. The van der Waals surface area contributed by atoms with Gasteiger partial charge in [-0.2, -0.15) is 0 Å². The lowest BCUT2D eigenvalue weighted by molar-refractivity contribution is 0.102. The van der Waals surface area contributed by atoms with Gasteiger partial charge in [0.15, 0.2) is 0 Å². The number of benzene rings is 2. The SMILES string of the molecule is Cc1cc(C(=O)Nc2c(C)cccc2F)ccc1N. The zero-order valence-electron chi connectivity index (χ0n) is 10.8. The van der Waals surface area contributed by atoms with Gasteiger partial charge in [0.2, 0.25) is 0 Å². The minimum atomic E-state index is -0.444. The van der Waals surface area contributed by atoms with Gasteiger partial charge in [-0.1, -0.05) is 12.1 Å². The summed E-state index contributed by atoms with van der Waals surface area (Å²) in [6, 6.07) is 9.63. The third kappa shape index (κ3) is 2.73. The topological polar surface area (TPSA) is 55.1 Å². The first kappa shape index (κ1) is 13.1. The van der Waals surface area contributed by atoms with Crippen LogP contribution in [-0.4, -0.2) is 5.91 Å². The van der Waals surface area contributed by atoms with Gasteiger partial charge >= 0.3 is 0 Å². The highest BCUT2D eigenvalue weighted by molar-refractivity contribution is 6.05. The molecule has 98 valence electrons. The predicted octanol–water partition coefficient (Wildman–Crippen LogP) is 3.28. The van der Waals surface area contributed by atoms with E-state index in [1.807, 2.05) is 6.92 Å². The third-order valence-electron chi connectivity index (χ3n) is 2.99. The highest BCUT2D eigenvalue weighted by Crippen LogP contribution is 2.20. The Kier molecular flexibility index (Phi) is 3.51. The van der Waals surface area contributed by atoms with Crippen LogP contribution in [-0.2, 0) is 0 Å². The average molecular weight is 258 g/mol. The number of amides is 1. The van der Waals surface area contributed by atoms with Gasteiger partial charge in [-0.05, 0) is 49.2 Å². The fourth-order valence-corrected chi connectivity index (χ4v) is 1.79. The summed E-state index contributed by atoms with van der Waals surface area (Å²) in [7, 11) is 0. The molecule has 0 saturated carbocycles. The number of halogens is 1. The quantitative estimate of drug-likeness (QED) is 0.812. The van der Waals surface area contributed by atoms with Crippen molar-refractivity contribution in [2.45, 2.75) is 13.8 Å². The summed E-state index contributed by atoms with van der Waals surface area (Å²) in [5, 5.41) is 2.59. The van der Waals surface area contributed by atoms with Crippen LogP contribution in [0, 0.1) is 19.7 Å². The van der Waals surface area contributed by atoms with Crippen molar-refractivity contribution < 1.29 is 9.18 Å². The average Bonchev–Trinajstić information content (AvgIpc) is 2.37. The number of anilines is 2. The van der Waals surface area contributed by atoms with Gasteiger partial charge in [-0.25, -0.2) is 4.39 Å². The number of para-hydroxylation sites is 1. The zero-order valence-corrected chi connectivity index (χ0v) is 10.8. The summed E-state index contributed by atoms with van der Waals surface area (Å²) in [6.45, 7) is 3.56. The Hall–Kier alpha value is -2.36. The summed E-state index contributed by atoms with van der Waals surface area (Å²) >= 11 is 0. The molecule has 0 aliphatic rings. The molecule has 0 radical (unpaired) electrons. The summed E-state index contributed by atoms with van der Waals surface area (Å²) < 4.78 is 13.6. The molecule has 19 heavy (non-hydrogen) atoms. The van der Waals surface area contributed by atoms with Crippen molar-refractivity contribution in [1.29, 1.82) is 0 Å². The maximum absolute atomic E-state index is 13.6. The number of aryl methyl sites for hydroxylation is 2. The lowest BCUT2D eigenvalue weighted by Crippen LogP contribution is -2.14. The van der Waals surface area contributed by atoms with E-state index in [2.05, 4.69) is 5.32 Å². The summed E-state index contributed by atoms with van der Waals surface area (Å²) in [4.78, 5) is 12.1. The number of hydrogen-bond acceptors (Lipinski definition) is 2. The molecule has 0 atom stereocenters. The summed E-state index contributed by atoms with van der Waals surface area (Å²) in [6.07, 6.45) is 0. The van der Waals surface area contributed by atoms with Crippen molar-refractivity contribution in [2.24, 2.45) is 0 Å². The van der Waals surface area contributed by atoms with Crippen molar-refractivity contribution in [3.8, 4) is 0 Å². The molecule has 2 aromatic carbocycles. The second kappa shape index (κ2) is 5.10. The van der Waals surface area contributed by atoms with Crippen molar-refractivity contribution in [1.82, 2.24) is 0 Å². The molecule has 0 aliphatic carbocycles. The molecular formula is C15H15FN2O. The van der Waals surface area contributed by atoms with E-state index in [-0.39, 0.29) is 11.6 Å². The number of nitrogens with two attached hydrogens (primary N) is 1. The van der Waals surface area contributed by atoms with Gasteiger partial charge in [0.25, 0.3) is 5.91 Å². The van der Waals surface area contributed by atoms with E-state index in [0.29, 0.717) is 16.8 Å². The van der Waals surface area contributed by atoms with E-state index in [0.717, 1.165) is 5.56 Å². The molecule has 0 bridgehead atoms. The smallest absolute Gasteiger partial charge is 0.255 e. The normalized spacial score (nSPS) is 10.3.